The van der Waals surface area contributed by atoms with Crippen molar-refractivity contribution in [3.05, 3.63) is 77.5 Å². The lowest BCUT2D eigenvalue weighted by Crippen LogP contribution is -2.06. The maximum absolute atomic E-state index is 11.9. The monoisotopic (exact) mass is 305 g/mol. The van der Waals surface area contributed by atoms with Crippen LogP contribution in [-0.4, -0.2) is 17.6 Å². The van der Waals surface area contributed by atoms with Crippen molar-refractivity contribution in [2.45, 2.75) is 13.8 Å². The number of carbonyl (C=O) groups excluding carboxylic acids is 1. The maximum Gasteiger partial charge on any atom is 0.337 e. The molecule has 3 aromatic rings. The predicted molar refractivity (Wildman–Crippen MR) is 92.0 cm³/mol. The fourth-order valence-corrected chi connectivity index (χ4v) is 2.79. The highest BCUT2D eigenvalue weighted by molar-refractivity contribution is 5.90. The number of aromatic nitrogens is 1. The molecule has 0 saturated carbocycles. The summed E-state index contributed by atoms with van der Waals surface area (Å²) in [5.41, 5.74) is 6.02. The zero-order valence-corrected chi connectivity index (χ0v) is 13.5. The number of methoxy groups -OCH3 is 1. The van der Waals surface area contributed by atoms with Gasteiger partial charge in [0.2, 0.25) is 0 Å². The first-order chi connectivity index (χ1) is 11.1. The first kappa shape index (κ1) is 15.1. The Kier molecular flexibility index (Phi) is 4.02. The van der Waals surface area contributed by atoms with Crippen molar-refractivity contribution in [3.63, 3.8) is 0 Å². The van der Waals surface area contributed by atoms with Crippen LogP contribution in [0.3, 0.4) is 0 Å². The Bertz CT molecular complexity index is 847. The zero-order valence-electron chi connectivity index (χ0n) is 13.5. The van der Waals surface area contributed by atoms with Crippen molar-refractivity contribution in [1.82, 2.24) is 4.57 Å². The lowest BCUT2D eigenvalue weighted by atomic mass is 10.1. The van der Waals surface area contributed by atoms with Crippen molar-refractivity contribution in [2.24, 2.45) is 0 Å². The molecule has 0 N–H and O–H groups in total. The van der Waals surface area contributed by atoms with Crippen molar-refractivity contribution in [1.29, 1.82) is 0 Å². The average molecular weight is 305 g/mol. The third-order valence-electron chi connectivity index (χ3n) is 4.02. The Morgan fingerprint density at radius 2 is 1.70 bits per heavy atom. The van der Waals surface area contributed by atoms with Crippen LogP contribution in [-0.2, 0) is 4.74 Å². The smallest absolute Gasteiger partial charge is 0.337 e. The summed E-state index contributed by atoms with van der Waals surface area (Å²) in [5, 5.41) is 0. The predicted octanol–water partition coefficient (Wildman–Crippen LogP) is 4.55. The van der Waals surface area contributed by atoms with Gasteiger partial charge in [-0.15, -0.1) is 0 Å². The fourth-order valence-electron chi connectivity index (χ4n) is 2.79. The quantitative estimate of drug-likeness (QED) is 0.665. The highest BCUT2D eigenvalue weighted by atomic mass is 16.5. The van der Waals surface area contributed by atoms with Gasteiger partial charge in [-0.3, -0.25) is 0 Å². The summed E-state index contributed by atoms with van der Waals surface area (Å²) < 4.78 is 7.02. The molecule has 0 amide bonds. The Labute approximate surface area is 136 Å². The van der Waals surface area contributed by atoms with Crippen LogP contribution < -0.4 is 0 Å². The van der Waals surface area contributed by atoms with Gasteiger partial charge in [-0.1, -0.05) is 36.4 Å². The van der Waals surface area contributed by atoms with Gasteiger partial charge in [0.15, 0.2) is 0 Å². The molecule has 1 aromatic heterocycles. The van der Waals surface area contributed by atoms with Crippen LogP contribution in [0.1, 0.15) is 21.6 Å². The molecule has 0 aliphatic heterocycles. The van der Waals surface area contributed by atoms with E-state index in [9.17, 15) is 4.79 Å². The molecule has 0 aliphatic carbocycles. The molecule has 0 radical (unpaired) electrons. The van der Waals surface area contributed by atoms with Gasteiger partial charge in [-0.2, -0.15) is 0 Å². The fraction of sp³-hybridized carbons (Fsp3) is 0.150. The normalized spacial score (nSPS) is 10.6. The summed E-state index contributed by atoms with van der Waals surface area (Å²) in [6.45, 7) is 4.11. The van der Waals surface area contributed by atoms with Crippen LogP contribution in [0.15, 0.2) is 60.7 Å². The van der Waals surface area contributed by atoms with Crippen LogP contribution >= 0.6 is 0 Å². The van der Waals surface area contributed by atoms with Crippen LogP contribution in [0.25, 0.3) is 16.9 Å². The molecule has 0 spiro atoms. The molecule has 3 nitrogen and oxygen atoms in total. The Hall–Kier alpha value is -2.81. The number of carbonyl (C=O) groups is 1. The van der Waals surface area contributed by atoms with E-state index in [0.29, 0.717) is 5.56 Å². The molecule has 1 heterocycles. The van der Waals surface area contributed by atoms with E-state index in [4.69, 9.17) is 4.74 Å². The van der Waals surface area contributed by atoms with E-state index in [0.717, 1.165) is 28.2 Å². The van der Waals surface area contributed by atoms with Crippen LogP contribution in [0, 0.1) is 13.8 Å². The minimum absolute atomic E-state index is 0.322. The summed E-state index contributed by atoms with van der Waals surface area (Å²) in [5.74, 6) is -0.322. The Morgan fingerprint density at radius 3 is 2.39 bits per heavy atom. The van der Waals surface area contributed by atoms with Crippen molar-refractivity contribution in [3.8, 4) is 16.9 Å². The summed E-state index contributed by atoms with van der Waals surface area (Å²) in [6, 6.07) is 20.1. The first-order valence-corrected chi connectivity index (χ1v) is 7.55. The largest absolute Gasteiger partial charge is 0.465 e. The minimum atomic E-state index is -0.322. The van der Waals surface area contributed by atoms with E-state index in [1.54, 1.807) is 6.07 Å². The van der Waals surface area contributed by atoms with Gasteiger partial charge in [0.25, 0.3) is 0 Å². The molecule has 0 aliphatic rings. The van der Waals surface area contributed by atoms with E-state index in [1.165, 1.54) is 7.11 Å². The zero-order chi connectivity index (χ0) is 16.4. The number of rotatable bonds is 3. The third-order valence-corrected chi connectivity index (χ3v) is 4.02. The second-order valence-electron chi connectivity index (χ2n) is 5.55. The lowest BCUT2D eigenvalue weighted by Gasteiger charge is -2.15. The van der Waals surface area contributed by atoms with Gasteiger partial charge < -0.3 is 9.30 Å². The van der Waals surface area contributed by atoms with E-state index in [-0.39, 0.29) is 5.97 Å². The summed E-state index contributed by atoms with van der Waals surface area (Å²) in [4.78, 5) is 11.9. The van der Waals surface area contributed by atoms with E-state index in [2.05, 4.69) is 35.8 Å². The van der Waals surface area contributed by atoms with Crippen molar-refractivity contribution < 1.29 is 9.53 Å². The molecule has 0 saturated heterocycles. The van der Waals surface area contributed by atoms with Crippen LogP contribution in [0.5, 0.6) is 0 Å². The van der Waals surface area contributed by atoms with Gasteiger partial charge >= 0.3 is 5.97 Å². The topological polar surface area (TPSA) is 31.2 Å². The van der Waals surface area contributed by atoms with Gasteiger partial charge in [-0.25, -0.2) is 4.79 Å². The number of benzene rings is 2. The summed E-state index contributed by atoms with van der Waals surface area (Å²) >= 11 is 0. The lowest BCUT2D eigenvalue weighted by molar-refractivity contribution is 0.0600. The molecule has 3 heteroatoms. The summed E-state index contributed by atoms with van der Waals surface area (Å²) in [7, 11) is 1.40. The third kappa shape index (κ3) is 2.78. The van der Waals surface area contributed by atoms with E-state index >= 15 is 0 Å². The Morgan fingerprint density at radius 1 is 0.957 bits per heavy atom. The molecule has 116 valence electrons. The molecular formula is C20H19NO2. The molecule has 0 atom stereocenters. The first-order valence-electron chi connectivity index (χ1n) is 7.55. The van der Waals surface area contributed by atoms with E-state index in [1.807, 2.05) is 37.3 Å². The van der Waals surface area contributed by atoms with E-state index < -0.39 is 0 Å². The highest BCUT2D eigenvalue weighted by Crippen LogP contribution is 2.28. The second kappa shape index (κ2) is 6.13. The maximum atomic E-state index is 11.9. The van der Waals surface area contributed by atoms with Gasteiger partial charge in [0.05, 0.1) is 18.4 Å². The molecule has 0 fully saturated rings. The standard InChI is InChI=1S/C20H19NO2/c1-14-9-11-17(20(22)23-3)13-19(14)21-15(2)10-12-18(21)16-7-5-4-6-8-16/h4-13H,1-3H3. The SMILES string of the molecule is COC(=O)c1ccc(C)c(-n2c(C)ccc2-c2ccccc2)c1. The van der Waals surface area contributed by atoms with Gasteiger partial charge in [-0.05, 0) is 49.2 Å². The van der Waals surface area contributed by atoms with Crippen molar-refractivity contribution >= 4 is 5.97 Å². The van der Waals surface area contributed by atoms with Crippen LogP contribution in [0.2, 0.25) is 0 Å². The molecule has 0 bridgehead atoms. The molecular weight excluding hydrogens is 286 g/mol. The van der Waals surface area contributed by atoms with Gasteiger partial charge in [0, 0.05) is 11.4 Å². The molecule has 23 heavy (non-hydrogen) atoms. The molecule has 2 aromatic carbocycles. The molecule has 0 unspecified atom stereocenters. The molecule has 3 rings (SSSR count). The average Bonchev–Trinajstić information content (AvgIpc) is 2.97. The number of esters is 1. The van der Waals surface area contributed by atoms with Crippen LogP contribution in [0.4, 0.5) is 0 Å². The highest BCUT2D eigenvalue weighted by Gasteiger charge is 2.14. The number of hydrogen-bond donors (Lipinski definition) is 0. The van der Waals surface area contributed by atoms with Crippen molar-refractivity contribution in [2.75, 3.05) is 7.11 Å². The minimum Gasteiger partial charge on any atom is -0.465 e. The number of nitrogens with zero attached hydrogens (tertiary/aromatic N) is 1. The summed E-state index contributed by atoms with van der Waals surface area (Å²) in [6.07, 6.45) is 0. The number of hydrogen-bond acceptors (Lipinski definition) is 2. The Balaban J connectivity index is 2.20. The number of ether oxygens (including phenoxy) is 1. The van der Waals surface area contributed by atoms with Gasteiger partial charge in [0.1, 0.15) is 0 Å². The number of aryl methyl sites for hydroxylation is 2. The second-order valence-corrected chi connectivity index (χ2v) is 5.55.